The molecule has 0 fully saturated rings. The Morgan fingerprint density at radius 2 is 1.76 bits per heavy atom. The van der Waals surface area contributed by atoms with Crippen molar-refractivity contribution >= 4 is 39.5 Å². The zero-order valence-corrected chi connectivity index (χ0v) is 13.7. The van der Waals surface area contributed by atoms with Crippen LogP contribution in [0.25, 0.3) is 10.9 Å². The molecule has 0 radical (unpaired) electrons. The van der Waals surface area contributed by atoms with Gasteiger partial charge < -0.3 is 9.30 Å². The van der Waals surface area contributed by atoms with Crippen molar-refractivity contribution in [2.75, 3.05) is 7.11 Å². The van der Waals surface area contributed by atoms with E-state index in [4.69, 9.17) is 4.74 Å². The highest BCUT2D eigenvalue weighted by atomic mass is 127. The average molecular weight is 391 g/mol. The summed E-state index contributed by atoms with van der Waals surface area (Å²) in [5.74, 6) is -0.289. The van der Waals surface area contributed by atoms with E-state index in [0.29, 0.717) is 5.56 Å². The number of para-hydroxylation sites is 1. The summed E-state index contributed by atoms with van der Waals surface area (Å²) >= 11 is 2.22. The predicted molar refractivity (Wildman–Crippen MR) is 91.5 cm³/mol. The number of aromatic nitrogens is 1. The van der Waals surface area contributed by atoms with Crippen molar-refractivity contribution in [3.8, 4) is 0 Å². The van der Waals surface area contributed by atoms with Gasteiger partial charge in [-0.1, -0.05) is 48.5 Å². The van der Waals surface area contributed by atoms with Crippen molar-refractivity contribution in [1.29, 1.82) is 0 Å². The Morgan fingerprint density at radius 1 is 1.10 bits per heavy atom. The Hall–Kier alpha value is -1.82. The molecule has 0 atom stereocenters. The first-order valence-corrected chi connectivity index (χ1v) is 7.69. The number of nitrogens with zero attached hydrogens (tertiary/aromatic N) is 1. The Labute approximate surface area is 136 Å². The van der Waals surface area contributed by atoms with Gasteiger partial charge in [0, 0.05) is 11.9 Å². The standard InChI is InChI=1S/C17H14INO2/c1-21-17(20)15-13-9-5-6-10-14(13)19(16(15)18)11-12-7-3-2-4-8-12/h2-10H,11H2,1H3. The number of ether oxygens (including phenoxy) is 1. The summed E-state index contributed by atoms with van der Waals surface area (Å²) in [4.78, 5) is 12.1. The maximum Gasteiger partial charge on any atom is 0.341 e. The molecule has 0 aliphatic carbocycles. The minimum Gasteiger partial charge on any atom is -0.465 e. The average Bonchev–Trinajstić information content (AvgIpc) is 2.80. The lowest BCUT2D eigenvalue weighted by atomic mass is 10.2. The molecule has 3 aromatic rings. The van der Waals surface area contributed by atoms with Crippen LogP contribution in [0.4, 0.5) is 0 Å². The number of halogens is 1. The molecule has 3 rings (SSSR count). The number of carbonyl (C=O) groups is 1. The van der Waals surface area contributed by atoms with E-state index < -0.39 is 0 Å². The van der Waals surface area contributed by atoms with Crippen molar-refractivity contribution in [1.82, 2.24) is 4.57 Å². The van der Waals surface area contributed by atoms with Crippen molar-refractivity contribution in [3.05, 3.63) is 69.4 Å². The van der Waals surface area contributed by atoms with E-state index in [0.717, 1.165) is 21.1 Å². The fourth-order valence-corrected chi connectivity index (χ4v) is 3.43. The van der Waals surface area contributed by atoms with Gasteiger partial charge in [0.1, 0.15) is 0 Å². The number of hydrogen-bond acceptors (Lipinski definition) is 2. The number of hydrogen-bond donors (Lipinski definition) is 0. The Kier molecular flexibility index (Phi) is 3.96. The van der Waals surface area contributed by atoms with E-state index in [-0.39, 0.29) is 5.97 Å². The van der Waals surface area contributed by atoms with E-state index in [2.05, 4.69) is 39.3 Å². The molecule has 0 saturated heterocycles. The van der Waals surface area contributed by atoms with Crippen LogP contribution in [-0.4, -0.2) is 17.6 Å². The van der Waals surface area contributed by atoms with Gasteiger partial charge in [-0.05, 0) is 34.2 Å². The first-order chi connectivity index (χ1) is 10.2. The molecule has 1 heterocycles. The predicted octanol–water partition coefficient (Wildman–Crippen LogP) is 4.08. The minimum atomic E-state index is -0.289. The van der Waals surface area contributed by atoms with Gasteiger partial charge in [-0.3, -0.25) is 0 Å². The second kappa shape index (κ2) is 5.89. The zero-order valence-electron chi connectivity index (χ0n) is 11.5. The van der Waals surface area contributed by atoms with Crippen LogP contribution < -0.4 is 0 Å². The van der Waals surface area contributed by atoms with Gasteiger partial charge in [0.15, 0.2) is 0 Å². The maximum atomic E-state index is 12.1. The van der Waals surface area contributed by atoms with E-state index in [1.54, 1.807) is 0 Å². The molecular weight excluding hydrogens is 377 g/mol. The van der Waals surface area contributed by atoms with Gasteiger partial charge in [-0.25, -0.2) is 4.79 Å². The lowest BCUT2D eigenvalue weighted by Crippen LogP contribution is -2.06. The van der Waals surface area contributed by atoms with Crippen LogP contribution in [0, 0.1) is 3.70 Å². The fourth-order valence-electron chi connectivity index (χ4n) is 2.49. The normalized spacial score (nSPS) is 10.8. The summed E-state index contributed by atoms with van der Waals surface area (Å²) in [5.41, 5.74) is 2.89. The Balaban J connectivity index is 2.18. The van der Waals surface area contributed by atoms with Gasteiger partial charge >= 0.3 is 5.97 Å². The highest BCUT2D eigenvalue weighted by molar-refractivity contribution is 14.1. The molecule has 0 aliphatic rings. The minimum absolute atomic E-state index is 0.289. The molecule has 3 nitrogen and oxygen atoms in total. The van der Waals surface area contributed by atoms with Crippen LogP contribution in [0.15, 0.2) is 54.6 Å². The van der Waals surface area contributed by atoms with Gasteiger partial charge in [0.05, 0.1) is 21.9 Å². The molecule has 0 bridgehead atoms. The lowest BCUT2D eigenvalue weighted by Gasteiger charge is -2.07. The molecular formula is C17H14INO2. The number of esters is 1. The van der Waals surface area contributed by atoms with Crippen LogP contribution in [0.2, 0.25) is 0 Å². The second-order valence-corrected chi connectivity index (χ2v) is 5.77. The lowest BCUT2D eigenvalue weighted by molar-refractivity contribution is 0.0601. The molecule has 4 heteroatoms. The number of methoxy groups -OCH3 is 1. The van der Waals surface area contributed by atoms with Crippen LogP contribution in [0.3, 0.4) is 0 Å². The highest BCUT2D eigenvalue weighted by Crippen LogP contribution is 2.29. The summed E-state index contributed by atoms with van der Waals surface area (Å²) in [6.07, 6.45) is 0. The third kappa shape index (κ3) is 2.55. The summed E-state index contributed by atoms with van der Waals surface area (Å²) in [6, 6.07) is 18.1. The molecule has 106 valence electrons. The van der Waals surface area contributed by atoms with Crippen LogP contribution in [0.1, 0.15) is 15.9 Å². The van der Waals surface area contributed by atoms with Crippen LogP contribution in [0.5, 0.6) is 0 Å². The molecule has 0 saturated carbocycles. The summed E-state index contributed by atoms with van der Waals surface area (Å²) in [5, 5.41) is 0.935. The molecule has 0 aliphatic heterocycles. The van der Waals surface area contributed by atoms with Gasteiger partial charge in [-0.2, -0.15) is 0 Å². The Bertz CT molecular complexity index is 793. The quantitative estimate of drug-likeness (QED) is 0.498. The summed E-state index contributed by atoms with van der Waals surface area (Å²) in [7, 11) is 1.42. The summed E-state index contributed by atoms with van der Waals surface area (Å²) in [6.45, 7) is 0.733. The van der Waals surface area contributed by atoms with Crippen molar-refractivity contribution in [3.63, 3.8) is 0 Å². The molecule has 2 aromatic carbocycles. The number of benzene rings is 2. The van der Waals surface area contributed by atoms with Crippen LogP contribution >= 0.6 is 22.6 Å². The number of carbonyl (C=O) groups excluding carboxylic acids is 1. The molecule has 1 aromatic heterocycles. The highest BCUT2D eigenvalue weighted by Gasteiger charge is 2.21. The number of rotatable bonds is 3. The summed E-state index contributed by atoms with van der Waals surface area (Å²) < 4.78 is 7.99. The second-order valence-electron chi connectivity index (χ2n) is 4.75. The molecule has 0 amide bonds. The van der Waals surface area contributed by atoms with E-state index in [1.807, 2.05) is 42.5 Å². The van der Waals surface area contributed by atoms with Crippen LogP contribution in [-0.2, 0) is 11.3 Å². The molecule has 0 spiro atoms. The number of fused-ring (bicyclic) bond motifs is 1. The Morgan fingerprint density at radius 3 is 2.48 bits per heavy atom. The maximum absolute atomic E-state index is 12.1. The largest absolute Gasteiger partial charge is 0.465 e. The fraction of sp³-hybridized carbons (Fsp3) is 0.118. The van der Waals surface area contributed by atoms with Crippen molar-refractivity contribution in [2.45, 2.75) is 6.54 Å². The topological polar surface area (TPSA) is 31.2 Å². The molecule has 0 N–H and O–H groups in total. The zero-order chi connectivity index (χ0) is 14.8. The third-order valence-electron chi connectivity index (χ3n) is 3.48. The molecule has 0 unspecified atom stereocenters. The SMILES string of the molecule is COC(=O)c1c(I)n(Cc2ccccc2)c2ccccc12. The van der Waals surface area contributed by atoms with Crippen molar-refractivity contribution < 1.29 is 9.53 Å². The van der Waals surface area contributed by atoms with E-state index in [9.17, 15) is 4.79 Å². The first kappa shape index (κ1) is 14.1. The van der Waals surface area contributed by atoms with Gasteiger partial charge in [0.25, 0.3) is 0 Å². The van der Waals surface area contributed by atoms with Gasteiger partial charge in [-0.15, -0.1) is 0 Å². The van der Waals surface area contributed by atoms with Gasteiger partial charge in [0.2, 0.25) is 0 Å². The molecule has 21 heavy (non-hydrogen) atoms. The van der Waals surface area contributed by atoms with E-state index >= 15 is 0 Å². The smallest absolute Gasteiger partial charge is 0.341 e. The monoisotopic (exact) mass is 391 g/mol. The first-order valence-electron chi connectivity index (χ1n) is 6.61. The van der Waals surface area contributed by atoms with Crippen molar-refractivity contribution in [2.24, 2.45) is 0 Å². The van der Waals surface area contributed by atoms with E-state index in [1.165, 1.54) is 12.7 Å². The third-order valence-corrected chi connectivity index (χ3v) is 4.60.